The minimum atomic E-state index is -1.32. The molecule has 1 aliphatic rings. The van der Waals surface area contributed by atoms with Gasteiger partial charge in [-0.3, -0.25) is 14.1 Å². The third kappa shape index (κ3) is 4.00. The summed E-state index contributed by atoms with van der Waals surface area (Å²) in [6, 6.07) is 6.09. The van der Waals surface area contributed by atoms with E-state index in [1.54, 1.807) is 26.1 Å². The Morgan fingerprint density at radius 3 is 2.70 bits per heavy atom. The van der Waals surface area contributed by atoms with Gasteiger partial charge in [-0.1, -0.05) is 19.4 Å². The van der Waals surface area contributed by atoms with Crippen LogP contribution in [-0.2, 0) is 18.0 Å². The van der Waals surface area contributed by atoms with E-state index in [1.807, 2.05) is 0 Å². The van der Waals surface area contributed by atoms with Crippen LogP contribution in [0.4, 0.5) is 21.6 Å². The Kier molecular flexibility index (Phi) is 5.55. The largest absolute Gasteiger partial charge is 0.494 e. The van der Waals surface area contributed by atoms with Crippen LogP contribution in [0.5, 0.6) is 5.75 Å². The van der Waals surface area contributed by atoms with E-state index in [0.29, 0.717) is 17.4 Å². The lowest BCUT2D eigenvalue weighted by atomic mass is 10.2. The molecule has 1 saturated carbocycles. The van der Waals surface area contributed by atoms with Crippen molar-refractivity contribution in [1.82, 2.24) is 4.57 Å². The van der Waals surface area contributed by atoms with E-state index in [1.165, 1.54) is 23.8 Å². The first-order valence-electron chi connectivity index (χ1n) is 8.84. The van der Waals surface area contributed by atoms with Gasteiger partial charge in [0.25, 0.3) is 5.56 Å². The maximum atomic E-state index is 14.3. The minimum Gasteiger partial charge on any atom is -0.494 e. The van der Waals surface area contributed by atoms with Crippen molar-refractivity contribution in [3.05, 3.63) is 46.0 Å². The van der Waals surface area contributed by atoms with E-state index in [9.17, 15) is 13.4 Å². The molecule has 6 nitrogen and oxygen atoms in total. The van der Waals surface area contributed by atoms with Crippen molar-refractivity contribution in [1.29, 1.82) is 0 Å². The summed E-state index contributed by atoms with van der Waals surface area (Å²) in [4.78, 5) is 12.3. The van der Waals surface area contributed by atoms with E-state index >= 15 is 0 Å². The fraction of sp³-hybridized carbons (Fsp3) is 0.421. The van der Waals surface area contributed by atoms with Gasteiger partial charge in [0.05, 0.1) is 18.0 Å². The van der Waals surface area contributed by atoms with E-state index in [2.05, 4.69) is 17.0 Å². The van der Waals surface area contributed by atoms with Gasteiger partial charge in [0.2, 0.25) is 0 Å². The second-order valence-corrected chi connectivity index (χ2v) is 8.19. The number of nitrogens with one attached hydrogen (secondary N) is 2. The molecule has 2 aromatic rings. The Hall–Kier alpha value is -2.35. The van der Waals surface area contributed by atoms with Gasteiger partial charge in [-0.05, 0) is 37.0 Å². The molecule has 0 spiro atoms. The smallest absolute Gasteiger partial charge is 0.255 e. The van der Waals surface area contributed by atoms with Crippen molar-refractivity contribution >= 4 is 28.2 Å². The highest BCUT2D eigenvalue weighted by molar-refractivity contribution is 7.87. The molecule has 146 valence electrons. The molecule has 3 atom stereocenters. The number of halogens is 1. The zero-order chi connectivity index (χ0) is 19.7. The Balaban J connectivity index is 2.01. The van der Waals surface area contributed by atoms with Crippen molar-refractivity contribution < 1.29 is 13.3 Å². The summed E-state index contributed by atoms with van der Waals surface area (Å²) in [5, 5.41) is 3.02. The molecule has 1 aliphatic carbocycles. The van der Waals surface area contributed by atoms with E-state index in [4.69, 9.17) is 4.74 Å². The van der Waals surface area contributed by atoms with Gasteiger partial charge >= 0.3 is 0 Å². The number of rotatable bonds is 7. The molecule has 1 fully saturated rings. The van der Waals surface area contributed by atoms with Crippen LogP contribution in [0.2, 0.25) is 0 Å². The number of ether oxygens (including phenoxy) is 1. The van der Waals surface area contributed by atoms with Crippen LogP contribution in [-0.4, -0.2) is 21.1 Å². The number of aryl methyl sites for hydroxylation is 1. The molecule has 0 bridgehead atoms. The van der Waals surface area contributed by atoms with E-state index < -0.39 is 16.8 Å². The van der Waals surface area contributed by atoms with Gasteiger partial charge in [0, 0.05) is 13.1 Å². The summed E-state index contributed by atoms with van der Waals surface area (Å²) in [5.74, 6) is 0.549. The maximum absolute atomic E-state index is 14.3. The highest BCUT2D eigenvalue weighted by Gasteiger charge is 2.41. The molecule has 0 radical (unpaired) electrons. The van der Waals surface area contributed by atoms with Crippen LogP contribution < -0.4 is 20.3 Å². The molecule has 1 aromatic carbocycles. The number of nitrogens with zero attached hydrogens (tertiary/aromatic N) is 1. The van der Waals surface area contributed by atoms with Gasteiger partial charge in [0.15, 0.2) is 5.75 Å². The summed E-state index contributed by atoms with van der Waals surface area (Å²) in [6.45, 7) is 3.87. The second kappa shape index (κ2) is 7.72. The fourth-order valence-corrected chi connectivity index (χ4v) is 4.53. The SMILES string of the molecule is CCC1CC1S(=O)Nc1c(OC)cc(=O)n(C)c1Nc1ccc(C)cc1F. The molecule has 0 amide bonds. The molecule has 1 aromatic heterocycles. The van der Waals surface area contributed by atoms with Crippen molar-refractivity contribution in [3.8, 4) is 5.75 Å². The third-order valence-corrected chi connectivity index (χ3v) is 6.39. The fourth-order valence-electron chi connectivity index (χ4n) is 3.02. The third-order valence-electron chi connectivity index (χ3n) is 4.86. The predicted molar refractivity (Wildman–Crippen MR) is 107 cm³/mol. The molecule has 0 saturated heterocycles. The first-order valence-corrected chi connectivity index (χ1v) is 10.0. The second-order valence-electron chi connectivity index (χ2n) is 6.78. The normalized spacial score (nSPS) is 19.4. The molecule has 0 aliphatic heterocycles. The molecule has 8 heteroatoms. The van der Waals surface area contributed by atoms with Gasteiger partial charge < -0.3 is 10.1 Å². The predicted octanol–water partition coefficient (Wildman–Crippen LogP) is 3.46. The zero-order valence-electron chi connectivity index (χ0n) is 15.8. The van der Waals surface area contributed by atoms with E-state index in [-0.39, 0.29) is 22.2 Å². The number of anilines is 3. The Morgan fingerprint density at radius 1 is 1.37 bits per heavy atom. The molecule has 2 N–H and O–H groups in total. The van der Waals surface area contributed by atoms with Crippen molar-refractivity contribution in [2.24, 2.45) is 13.0 Å². The highest BCUT2D eigenvalue weighted by atomic mass is 32.2. The highest BCUT2D eigenvalue weighted by Crippen LogP contribution is 2.40. The van der Waals surface area contributed by atoms with Crippen molar-refractivity contribution in [2.75, 3.05) is 17.1 Å². The Labute approximate surface area is 160 Å². The number of pyridine rings is 1. The zero-order valence-corrected chi connectivity index (χ0v) is 16.7. The number of hydrogen-bond acceptors (Lipinski definition) is 4. The van der Waals surface area contributed by atoms with E-state index in [0.717, 1.165) is 18.4 Å². The van der Waals surface area contributed by atoms with Crippen LogP contribution in [0.1, 0.15) is 25.3 Å². The van der Waals surface area contributed by atoms with Gasteiger partial charge in [-0.25, -0.2) is 8.60 Å². The van der Waals surface area contributed by atoms with Crippen LogP contribution in [0.25, 0.3) is 0 Å². The average molecular weight is 393 g/mol. The topological polar surface area (TPSA) is 72.4 Å². The molecule has 3 unspecified atom stereocenters. The maximum Gasteiger partial charge on any atom is 0.255 e. The average Bonchev–Trinajstić information content (AvgIpc) is 3.42. The summed E-state index contributed by atoms with van der Waals surface area (Å²) in [5.41, 5.74) is 1.06. The Bertz CT molecular complexity index is 945. The monoisotopic (exact) mass is 393 g/mol. The quantitative estimate of drug-likeness (QED) is 0.756. The minimum absolute atomic E-state index is 0.0703. The van der Waals surface area contributed by atoms with Gasteiger partial charge in [-0.2, -0.15) is 0 Å². The molecular formula is C19H24FN3O3S. The lowest BCUT2D eigenvalue weighted by molar-refractivity contribution is 0.415. The lowest BCUT2D eigenvalue weighted by Crippen LogP contribution is -2.23. The summed E-state index contributed by atoms with van der Waals surface area (Å²) in [6.07, 6.45) is 1.88. The first kappa shape index (κ1) is 19.4. The van der Waals surface area contributed by atoms with Crippen LogP contribution in [0, 0.1) is 18.7 Å². The van der Waals surface area contributed by atoms with Crippen molar-refractivity contribution in [3.63, 3.8) is 0 Å². The lowest BCUT2D eigenvalue weighted by Gasteiger charge is -2.19. The van der Waals surface area contributed by atoms with Gasteiger partial charge in [-0.15, -0.1) is 0 Å². The molecule has 27 heavy (non-hydrogen) atoms. The number of methoxy groups -OCH3 is 1. The Morgan fingerprint density at radius 2 is 2.11 bits per heavy atom. The first-order chi connectivity index (χ1) is 12.8. The number of hydrogen-bond donors (Lipinski definition) is 2. The van der Waals surface area contributed by atoms with Crippen LogP contribution in [0.15, 0.2) is 29.1 Å². The summed E-state index contributed by atoms with van der Waals surface area (Å²) >= 11 is 0. The van der Waals surface area contributed by atoms with Gasteiger partial charge in [0.1, 0.15) is 28.3 Å². The number of benzene rings is 1. The molecule has 1 heterocycles. The standard InChI is InChI=1S/C19H24FN3O3S/c1-5-12-9-16(12)27(25)22-18-15(26-4)10-17(24)23(3)19(18)21-14-7-6-11(2)8-13(14)20/h6-8,10,12,16,21-22H,5,9H2,1-4H3. The number of aromatic nitrogens is 1. The molecule has 3 rings (SSSR count). The van der Waals surface area contributed by atoms with Crippen molar-refractivity contribution in [2.45, 2.75) is 31.9 Å². The summed E-state index contributed by atoms with van der Waals surface area (Å²) < 4.78 is 36.6. The van der Waals surface area contributed by atoms with Crippen LogP contribution >= 0.6 is 0 Å². The summed E-state index contributed by atoms with van der Waals surface area (Å²) in [7, 11) is 1.68. The molecular weight excluding hydrogens is 369 g/mol. The van der Waals surface area contributed by atoms with Crippen LogP contribution in [0.3, 0.4) is 0 Å².